The highest BCUT2D eigenvalue weighted by molar-refractivity contribution is 7.89. The second kappa shape index (κ2) is 8.37. The van der Waals surface area contributed by atoms with Crippen molar-refractivity contribution < 1.29 is 13.2 Å². The lowest BCUT2D eigenvalue weighted by Crippen LogP contribution is -2.27. The highest BCUT2D eigenvalue weighted by Gasteiger charge is 2.18. The highest BCUT2D eigenvalue weighted by atomic mass is 32.2. The maximum absolute atomic E-state index is 12.7. The average Bonchev–Trinajstić information content (AvgIpc) is 2.68. The fourth-order valence-electron chi connectivity index (χ4n) is 2.91. The highest BCUT2D eigenvalue weighted by Crippen LogP contribution is 2.23. The number of hydrogen-bond acceptors (Lipinski definition) is 3. The number of nitrogens with one attached hydrogen (secondary N) is 2. The van der Waals surface area contributed by atoms with E-state index in [4.69, 9.17) is 0 Å². The molecule has 0 saturated heterocycles. The monoisotopic (exact) mass is 394 g/mol. The van der Waals surface area contributed by atoms with E-state index in [-0.39, 0.29) is 10.8 Å². The normalized spacial score (nSPS) is 12.4. The molecule has 0 saturated carbocycles. The Bertz CT molecular complexity index is 1060. The van der Waals surface area contributed by atoms with Gasteiger partial charge in [-0.15, -0.1) is 0 Å². The molecule has 0 heterocycles. The van der Waals surface area contributed by atoms with Gasteiger partial charge >= 0.3 is 0 Å². The van der Waals surface area contributed by atoms with Crippen LogP contribution < -0.4 is 10.0 Å². The molecule has 0 aliphatic heterocycles. The van der Waals surface area contributed by atoms with Crippen molar-refractivity contribution in [2.75, 3.05) is 5.32 Å². The van der Waals surface area contributed by atoms with E-state index in [9.17, 15) is 13.2 Å². The van der Waals surface area contributed by atoms with Crippen molar-refractivity contribution in [3.05, 3.63) is 84.4 Å². The lowest BCUT2D eigenvalue weighted by molar-refractivity contribution is -0.114. The molecule has 144 valence electrons. The SMILES string of the molecule is CC(=O)Nc1cccc(C(C)NS(=O)(=O)c2ccc(-c3ccccc3)cc2)c1. The van der Waals surface area contributed by atoms with Crippen LogP contribution in [0, 0.1) is 0 Å². The van der Waals surface area contributed by atoms with Crippen LogP contribution in [-0.2, 0) is 14.8 Å². The van der Waals surface area contributed by atoms with Crippen LogP contribution in [0.1, 0.15) is 25.5 Å². The maximum atomic E-state index is 12.7. The van der Waals surface area contributed by atoms with Crippen molar-refractivity contribution in [3.63, 3.8) is 0 Å². The number of benzene rings is 3. The van der Waals surface area contributed by atoms with E-state index in [0.717, 1.165) is 16.7 Å². The molecule has 0 fully saturated rings. The lowest BCUT2D eigenvalue weighted by Gasteiger charge is -2.16. The molecule has 3 rings (SSSR count). The van der Waals surface area contributed by atoms with Gasteiger partial charge in [-0.1, -0.05) is 54.6 Å². The summed E-state index contributed by atoms with van der Waals surface area (Å²) in [6.07, 6.45) is 0. The van der Waals surface area contributed by atoms with Crippen LogP contribution in [0.25, 0.3) is 11.1 Å². The molecule has 28 heavy (non-hydrogen) atoms. The number of hydrogen-bond donors (Lipinski definition) is 2. The first-order chi connectivity index (χ1) is 13.3. The third-order valence-corrected chi connectivity index (χ3v) is 5.87. The summed E-state index contributed by atoms with van der Waals surface area (Å²) in [5.74, 6) is -0.177. The second-order valence-electron chi connectivity index (χ2n) is 6.54. The first-order valence-electron chi connectivity index (χ1n) is 8.90. The summed E-state index contributed by atoms with van der Waals surface area (Å²) in [5, 5.41) is 2.70. The van der Waals surface area contributed by atoms with Gasteiger partial charge in [0.25, 0.3) is 0 Å². The Balaban J connectivity index is 1.77. The van der Waals surface area contributed by atoms with Crippen molar-refractivity contribution in [1.82, 2.24) is 4.72 Å². The number of amides is 1. The fraction of sp³-hybridized carbons (Fsp3) is 0.136. The van der Waals surface area contributed by atoms with Crippen LogP contribution in [0.4, 0.5) is 5.69 Å². The van der Waals surface area contributed by atoms with E-state index >= 15 is 0 Å². The zero-order valence-electron chi connectivity index (χ0n) is 15.7. The van der Waals surface area contributed by atoms with E-state index in [1.54, 1.807) is 49.4 Å². The van der Waals surface area contributed by atoms with Gasteiger partial charge in [-0.3, -0.25) is 4.79 Å². The summed E-state index contributed by atoms with van der Waals surface area (Å²) in [7, 11) is -3.68. The number of carbonyl (C=O) groups excluding carboxylic acids is 1. The molecule has 0 aromatic heterocycles. The maximum Gasteiger partial charge on any atom is 0.241 e. The Kier molecular flexibility index (Phi) is 5.92. The molecule has 0 radical (unpaired) electrons. The second-order valence-corrected chi connectivity index (χ2v) is 8.25. The Morgan fingerprint density at radius 2 is 1.50 bits per heavy atom. The quantitative estimate of drug-likeness (QED) is 0.653. The summed E-state index contributed by atoms with van der Waals surface area (Å²) in [6, 6.07) is 23.2. The minimum Gasteiger partial charge on any atom is -0.326 e. The van der Waals surface area contributed by atoms with Crippen LogP contribution in [0.3, 0.4) is 0 Å². The van der Waals surface area contributed by atoms with Crippen molar-refractivity contribution >= 4 is 21.6 Å². The van der Waals surface area contributed by atoms with Gasteiger partial charge < -0.3 is 5.32 Å². The minimum absolute atomic E-state index is 0.177. The molecule has 0 aliphatic rings. The summed E-state index contributed by atoms with van der Waals surface area (Å²) in [6.45, 7) is 3.20. The number of rotatable bonds is 6. The summed E-state index contributed by atoms with van der Waals surface area (Å²) in [5.41, 5.74) is 3.37. The molecule has 3 aromatic carbocycles. The fourth-order valence-corrected chi connectivity index (χ4v) is 4.15. The Labute approximate surface area is 165 Å². The van der Waals surface area contributed by atoms with Crippen LogP contribution in [0.5, 0.6) is 0 Å². The van der Waals surface area contributed by atoms with E-state index in [0.29, 0.717) is 5.69 Å². The molecule has 1 atom stereocenters. The number of sulfonamides is 1. The molecule has 0 aliphatic carbocycles. The number of carbonyl (C=O) groups is 1. The van der Waals surface area contributed by atoms with E-state index in [1.165, 1.54) is 6.92 Å². The van der Waals surface area contributed by atoms with Gasteiger partial charge in [0.2, 0.25) is 15.9 Å². The van der Waals surface area contributed by atoms with E-state index in [1.807, 2.05) is 36.4 Å². The predicted molar refractivity (Wildman–Crippen MR) is 111 cm³/mol. The van der Waals surface area contributed by atoms with Gasteiger partial charge in [0.05, 0.1) is 4.90 Å². The van der Waals surface area contributed by atoms with E-state index < -0.39 is 16.1 Å². The molecule has 1 amide bonds. The average molecular weight is 394 g/mol. The van der Waals surface area contributed by atoms with Crippen LogP contribution in [0.2, 0.25) is 0 Å². The molecule has 0 bridgehead atoms. The molecule has 2 N–H and O–H groups in total. The first kappa shape index (κ1) is 19.8. The minimum atomic E-state index is -3.68. The third kappa shape index (κ3) is 4.85. The zero-order valence-corrected chi connectivity index (χ0v) is 16.5. The molecule has 0 spiro atoms. The van der Waals surface area contributed by atoms with Crippen molar-refractivity contribution in [2.24, 2.45) is 0 Å². The van der Waals surface area contributed by atoms with Gasteiger partial charge in [0, 0.05) is 18.7 Å². The van der Waals surface area contributed by atoms with Crippen molar-refractivity contribution in [3.8, 4) is 11.1 Å². The van der Waals surface area contributed by atoms with E-state index in [2.05, 4.69) is 10.0 Å². The zero-order chi connectivity index (χ0) is 20.1. The van der Waals surface area contributed by atoms with Gasteiger partial charge in [-0.25, -0.2) is 13.1 Å². The molecule has 1 unspecified atom stereocenters. The first-order valence-corrected chi connectivity index (χ1v) is 10.4. The molecule has 3 aromatic rings. The van der Waals surface area contributed by atoms with Crippen LogP contribution in [-0.4, -0.2) is 14.3 Å². The molecule has 6 heteroatoms. The van der Waals surface area contributed by atoms with Gasteiger partial charge in [-0.05, 0) is 47.9 Å². The predicted octanol–water partition coefficient (Wildman–Crippen LogP) is 4.35. The molecule has 5 nitrogen and oxygen atoms in total. The molecular weight excluding hydrogens is 372 g/mol. The van der Waals surface area contributed by atoms with Gasteiger partial charge in [-0.2, -0.15) is 0 Å². The Hall–Kier alpha value is -2.96. The number of anilines is 1. The summed E-state index contributed by atoms with van der Waals surface area (Å²) >= 11 is 0. The van der Waals surface area contributed by atoms with Crippen molar-refractivity contribution in [2.45, 2.75) is 24.8 Å². The Morgan fingerprint density at radius 1 is 0.857 bits per heavy atom. The van der Waals surface area contributed by atoms with Crippen LogP contribution in [0.15, 0.2) is 83.8 Å². The largest absolute Gasteiger partial charge is 0.326 e. The molecular formula is C22H22N2O3S. The summed E-state index contributed by atoms with van der Waals surface area (Å²) in [4.78, 5) is 11.4. The third-order valence-electron chi connectivity index (χ3n) is 4.31. The summed E-state index contributed by atoms with van der Waals surface area (Å²) < 4.78 is 28.2. The van der Waals surface area contributed by atoms with Gasteiger partial charge in [0.1, 0.15) is 0 Å². The standard InChI is InChI=1S/C22H22N2O3S/c1-16(20-9-6-10-21(15-20)23-17(2)25)24-28(26,27)22-13-11-19(12-14-22)18-7-4-3-5-8-18/h3-16,24H,1-2H3,(H,23,25). The van der Waals surface area contributed by atoms with Gasteiger partial charge in [0.15, 0.2) is 0 Å². The topological polar surface area (TPSA) is 75.3 Å². The smallest absolute Gasteiger partial charge is 0.241 e. The Morgan fingerprint density at radius 3 is 2.14 bits per heavy atom. The lowest BCUT2D eigenvalue weighted by atomic mass is 10.1. The van der Waals surface area contributed by atoms with Crippen LogP contribution >= 0.6 is 0 Å². The van der Waals surface area contributed by atoms with Crippen molar-refractivity contribution in [1.29, 1.82) is 0 Å².